The predicted molar refractivity (Wildman–Crippen MR) is 78.1 cm³/mol. The average molecular weight is 284 g/mol. The third-order valence-corrected chi connectivity index (χ3v) is 3.81. The van der Waals surface area contributed by atoms with Gasteiger partial charge in [-0.1, -0.05) is 45.4 Å². The average Bonchev–Trinajstić information content (AvgIpc) is 2.86. The van der Waals surface area contributed by atoms with Crippen LogP contribution in [-0.2, 0) is 9.59 Å². The maximum absolute atomic E-state index is 11.8. The lowest BCUT2D eigenvalue weighted by Crippen LogP contribution is -2.48. The number of nitrogens with zero attached hydrogens (tertiary/aromatic N) is 1. The Balaban J connectivity index is 2.07. The fourth-order valence-corrected chi connectivity index (χ4v) is 2.62. The lowest BCUT2D eigenvalue weighted by atomic mass is 10.1. The summed E-state index contributed by atoms with van der Waals surface area (Å²) in [7, 11) is 0. The molecule has 2 N–H and O–H groups in total. The van der Waals surface area contributed by atoms with Gasteiger partial charge >= 0.3 is 5.97 Å². The van der Waals surface area contributed by atoms with Crippen LogP contribution in [0.2, 0.25) is 0 Å². The highest BCUT2D eigenvalue weighted by Crippen LogP contribution is 2.15. The van der Waals surface area contributed by atoms with Crippen molar-refractivity contribution in [1.29, 1.82) is 0 Å². The van der Waals surface area contributed by atoms with E-state index in [9.17, 15) is 9.59 Å². The van der Waals surface area contributed by atoms with Crippen molar-refractivity contribution in [1.82, 2.24) is 10.4 Å². The number of hydrogen-bond acceptors (Lipinski definition) is 3. The van der Waals surface area contributed by atoms with Crippen LogP contribution in [0.4, 0.5) is 0 Å². The number of carboxylic acids is 1. The van der Waals surface area contributed by atoms with Crippen molar-refractivity contribution in [3.05, 3.63) is 0 Å². The third-order valence-electron chi connectivity index (χ3n) is 3.81. The van der Waals surface area contributed by atoms with E-state index in [2.05, 4.69) is 12.3 Å². The van der Waals surface area contributed by atoms with Crippen molar-refractivity contribution in [2.24, 2.45) is 0 Å². The molecule has 0 spiro atoms. The molecule has 5 nitrogen and oxygen atoms in total. The zero-order valence-electron chi connectivity index (χ0n) is 12.6. The minimum absolute atomic E-state index is 0.0493. The van der Waals surface area contributed by atoms with E-state index in [1.165, 1.54) is 32.1 Å². The Labute approximate surface area is 121 Å². The monoisotopic (exact) mass is 284 g/mol. The molecule has 0 aromatic heterocycles. The summed E-state index contributed by atoms with van der Waals surface area (Å²) in [5.41, 5.74) is 2.74. The van der Waals surface area contributed by atoms with Gasteiger partial charge in [-0.25, -0.2) is 5.01 Å². The summed E-state index contributed by atoms with van der Waals surface area (Å²) < 4.78 is 0. The topological polar surface area (TPSA) is 69.6 Å². The second-order valence-electron chi connectivity index (χ2n) is 5.60. The van der Waals surface area contributed by atoms with Crippen LogP contribution in [-0.4, -0.2) is 34.6 Å². The van der Waals surface area contributed by atoms with Crippen LogP contribution in [0, 0.1) is 0 Å². The summed E-state index contributed by atoms with van der Waals surface area (Å²) in [6, 6.07) is -0.548. The molecule has 1 atom stereocenters. The van der Waals surface area contributed by atoms with E-state index in [-0.39, 0.29) is 5.91 Å². The van der Waals surface area contributed by atoms with Crippen molar-refractivity contribution >= 4 is 11.9 Å². The van der Waals surface area contributed by atoms with Gasteiger partial charge in [-0.2, -0.15) is 0 Å². The molecule has 1 unspecified atom stereocenters. The fraction of sp³-hybridized carbons (Fsp3) is 0.867. The number of rotatable bonds is 10. The van der Waals surface area contributed by atoms with Gasteiger partial charge in [0.2, 0.25) is 5.91 Å². The van der Waals surface area contributed by atoms with Crippen LogP contribution < -0.4 is 5.43 Å². The smallest absolute Gasteiger partial charge is 0.322 e. The SMILES string of the molecule is CCCCCCCCCC(=O)NN1CCCC1C(=O)O. The second kappa shape index (κ2) is 9.75. The van der Waals surface area contributed by atoms with Crippen molar-refractivity contribution in [2.45, 2.75) is 77.2 Å². The van der Waals surface area contributed by atoms with Crippen LogP contribution in [0.3, 0.4) is 0 Å². The first-order valence-electron chi connectivity index (χ1n) is 7.94. The molecule has 0 aliphatic carbocycles. The molecule has 1 rings (SSSR count). The Morgan fingerprint density at radius 1 is 1.15 bits per heavy atom. The Bertz CT molecular complexity index is 307. The Morgan fingerprint density at radius 2 is 1.80 bits per heavy atom. The molecule has 1 fully saturated rings. The number of carbonyl (C=O) groups excluding carboxylic acids is 1. The molecule has 116 valence electrons. The highest BCUT2D eigenvalue weighted by atomic mass is 16.4. The molecule has 1 aliphatic rings. The van der Waals surface area contributed by atoms with E-state index < -0.39 is 12.0 Å². The molecular weight excluding hydrogens is 256 g/mol. The Kier molecular flexibility index (Phi) is 8.26. The molecule has 0 bridgehead atoms. The van der Waals surface area contributed by atoms with Crippen LogP contribution in [0.25, 0.3) is 0 Å². The summed E-state index contributed by atoms with van der Waals surface area (Å²) >= 11 is 0. The van der Waals surface area contributed by atoms with Gasteiger partial charge in [-0.05, 0) is 19.3 Å². The molecule has 0 saturated carbocycles. The molecule has 20 heavy (non-hydrogen) atoms. The van der Waals surface area contributed by atoms with E-state index in [4.69, 9.17) is 5.11 Å². The lowest BCUT2D eigenvalue weighted by molar-refractivity contribution is -0.144. The van der Waals surface area contributed by atoms with Gasteiger partial charge in [0.1, 0.15) is 6.04 Å². The quantitative estimate of drug-likeness (QED) is 0.605. The van der Waals surface area contributed by atoms with Crippen molar-refractivity contribution in [3.8, 4) is 0 Å². The number of hydrogen-bond donors (Lipinski definition) is 2. The highest BCUT2D eigenvalue weighted by molar-refractivity contribution is 5.77. The van der Waals surface area contributed by atoms with Crippen LogP contribution in [0.1, 0.15) is 71.1 Å². The highest BCUT2D eigenvalue weighted by Gasteiger charge is 2.31. The fourth-order valence-electron chi connectivity index (χ4n) is 2.62. The summed E-state index contributed by atoms with van der Waals surface area (Å²) in [5, 5.41) is 10.6. The van der Waals surface area contributed by atoms with E-state index in [0.717, 1.165) is 19.3 Å². The third kappa shape index (κ3) is 6.37. The normalized spacial score (nSPS) is 19.1. The molecule has 1 amide bonds. The minimum Gasteiger partial charge on any atom is -0.480 e. The number of nitrogens with one attached hydrogen (secondary N) is 1. The van der Waals surface area contributed by atoms with Crippen LogP contribution in [0.15, 0.2) is 0 Å². The second-order valence-corrected chi connectivity index (χ2v) is 5.60. The molecular formula is C15H28N2O3. The molecule has 1 saturated heterocycles. The molecule has 0 aromatic carbocycles. The van der Waals surface area contributed by atoms with Gasteiger partial charge in [0, 0.05) is 13.0 Å². The Hall–Kier alpha value is -1.10. The van der Waals surface area contributed by atoms with Crippen LogP contribution >= 0.6 is 0 Å². The van der Waals surface area contributed by atoms with Gasteiger partial charge in [0.25, 0.3) is 0 Å². The number of carboxylic acid groups (broad SMARTS) is 1. The largest absolute Gasteiger partial charge is 0.480 e. The zero-order valence-corrected chi connectivity index (χ0v) is 12.6. The predicted octanol–water partition coefficient (Wildman–Crippen LogP) is 2.71. The summed E-state index contributed by atoms with van der Waals surface area (Å²) in [6.45, 7) is 2.84. The molecule has 1 heterocycles. The summed E-state index contributed by atoms with van der Waals surface area (Å²) in [5.74, 6) is -0.898. The first kappa shape index (κ1) is 17.0. The van der Waals surface area contributed by atoms with Crippen LogP contribution in [0.5, 0.6) is 0 Å². The number of aliphatic carboxylic acids is 1. The number of carbonyl (C=O) groups is 2. The van der Waals surface area contributed by atoms with E-state index in [1.54, 1.807) is 5.01 Å². The standard InChI is InChI=1S/C15H28N2O3/c1-2-3-4-5-6-7-8-11-14(18)16-17-12-9-10-13(17)15(19)20/h13H,2-12H2,1H3,(H,16,18)(H,19,20). The molecule has 5 heteroatoms. The van der Waals surface area contributed by atoms with Gasteiger partial charge in [-0.3, -0.25) is 15.0 Å². The van der Waals surface area contributed by atoms with Gasteiger partial charge < -0.3 is 5.11 Å². The molecule has 0 radical (unpaired) electrons. The van der Waals surface area contributed by atoms with Crippen molar-refractivity contribution in [3.63, 3.8) is 0 Å². The maximum atomic E-state index is 11.8. The van der Waals surface area contributed by atoms with E-state index in [0.29, 0.717) is 19.4 Å². The number of amides is 1. The van der Waals surface area contributed by atoms with Crippen molar-refractivity contribution < 1.29 is 14.7 Å². The first-order chi connectivity index (χ1) is 9.65. The number of unbranched alkanes of at least 4 members (excludes halogenated alkanes) is 6. The Morgan fingerprint density at radius 3 is 2.45 bits per heavy atom. The number of hydrazine groups is 1. The van der Waals surface area contributed by atoms with E-state index >= 15 is 0 Å². The molecule has 0 aromatic rings. The van der Waals surface area contributed by atoms with Gasteiger partial charge in [0.05, 0.1) is 0 Å². The lowest BCUT2D eigenvalue weighted by Gasteiger charge is -2.21. The molecule has 1 aliphatic heterocycles. The van der Waals surface area contributed by atoms with Crippen molar-refractivity contribution in [2.75, 3.05) is 6.54 Å². The zero-order chi connectivity index (χ0) is 14.8. The maximum Gasteiger partial charge on any atom is 0.322 e. The van der Waals surface area contributed by atoms with Gasteiger partial charge in [0.15, 0.2) is 0 Å². The minimum atomic E-state index is -0.848. The van der Waals surface area contributed by atoms with Gasteiger partial charge in [-0.15, -0.1) is 0 Å². The first-order valence-corrected chi connectivity index (χ1v) is 7.94. The summed E-state index contributed by atoms with van der Waals surface area (Å²) in [4.78, 5) is 22.7. The van der Waals surface area contributed by atoms with E-state index in [1.807, 2.05) is 0 Å². The summed E-state index contributed by atoms with van der Waals surface area (Å²) in [6.07, 6.45) is 10.2.